The Balaban J connectivity index is 2.41. The average Bonchev–Trinajstić information content (AvgIpc) is 2.81. The van der Waals surface area contributed by atoms with E-state index in [0.29, 0.717) is 0 Å². The van der Waals surface area contributed by atoms with Gasteiger partial charge in [0.15, 0.2) is 22.8 Å². The van der Waals surface area contributed by atoms with E-state index < -0.39 is 16.4 Å². The second-order valence-electron chi connectivity index (χ2n) is 5.65. The molecule has 3 heterocycles. The van der Waals surface area contributed by atoms with Gasteiger partial charge in [-0.1, -0.05) is 0 Å². The average molecular weight is 404 g/mol. The van der Waals surface area contributed by atoms with Gasteiger partial charge in [-0.25, -0.2) is 24.9 Å². The summed E-state index contributed by atoms with van der Waals surface area (Å²) in [6.45, 7) is 0. The van der Waals surface area contributed by atoms with Crippen LogP contribution >= 0.6 is 0 Å². The summed E-state index contributed by atoms with van der Waals surface area (Å²) in [6, 6.07) is 8.36. The number of aromatic nitrogens is 6. The number of hydrogen-bond donors (Lipinski definition) is 0. The molecule has 0 saturated heterocycles. The summed E-state index contributed by atoms with van der Waals surface area (Å²) in [5.74, 6) is -0.873. The summed E-state index contributed by atoms with van der Waals surface area (Å²) >= 11 is 0. The highest BCUT2D eigenvalue weighted by atomic mass is 16.6. The summed E-state index contributed by atoms with van der Waals surface area (Å²) in [4.78, 5) is 34.4. The van der Waals surface area contributed by atoms with Crippen LogP contribution in [0.4, 0.5) is 5.82 Å². The molecule has 140 valence electrons. The first-order valence-corrected chi connectivity index (χ1v) is 7.89. The first kappa shape index (κ1) is 18.5. The van der Waals surface area contributed by atoms with Crippen LogP contribution in [-0.4, -0.2) is 34.8 Å². The molecule has 1 aromatic carbocycles. The van der Waals surface area contributed by atoms with Crippen molar-refractivity contribution in [3.63, 3.8) is 0 Å². The molecule has 31 heavy (non-hydrogen) atoms. The lowest BCUT2D eigenvalue weighted by Gasteiger charge is -2.07. The number of hydrogen-bond acceptors (Lipinski definition) is 13. The van der Waals surface area contributed by atoms with Crippen molar-refractivity contribution in [1.29, 1.82) is 26.3 Å². The third kappa shape index (κ3) is 2.54. The SMILES string of the molecule is N#Cc1nc2c3nc(C#N)c(C#N)nc3c3nc([N+](=O)[O-])c(C#N)nc3c2nc1C#N. The van der Waals surface area contributed by atoms with Gasteiger partial charge in [0, 0.05) is 0 Å². The quantitative estimate of drug-likeness (QED) is 0.242. The van der Waals surface area contributed by atoms with Crippen LogP contribution in [0.1, 0.15) is 28.5 Å². The molecule has 0 saturated carbocycles. The zero-order valence-corrected chi connectivity index (χ0v) is 14.7. The van der Waals surface area contributed by atoms with Crippen molar-refractivity contribution in [2.45, 2.75) is 0 Å². The molecule has 0 amide bonds. The second kappa shape index (κ2) is 6.61. The molecule has 0 aliphatic rings. The molecule has 0 bridgehead atoms. The summed E-state index contributed by atoms with van der Waals surface area (Å²) in [5, 5.41) is 57.7. The van der Waals surface area contributed by atoms with Gasteiger partial charge in [0.1, 0.15) is 57.9 Å². The van der Waals surface area contributed by atoms with E-state index in [0.717, 1.165) is 0 Å². The first-order chi connectivity index (χ1) is 15.0. The third-order valence-electron chi connectivity index (χ3n) is 4.04. The Kier molecular flexibility index (Phi) is 3.93. The molecule has 0 spiro atoms. The molecule has 4 rings (SSSR count). The lowest BCUT2D eigenvalue weighted by atomic mass is 10.1. The number of nitro groups is 1. The van der Waals surface area contributed by atoms with Crippen LogP contribution in [0.5, 0.6) is 0 Å². The van der Waals surface area contributed by atoms with Crippen molar-refractivity contribution in [3.05, 3.63) is 38.6 Å². The summed E-state index contributed by atoms with van der Waals surface area (Å²) in [7, 11) is 0. The van der Waals surface area contributed by atoms with Crippen LogP contribution in [0, 0.1) is 66.8 Å². The zero-order chi connectivity index (χ0) is 22.3. The fourth-order valence-corrected chi connectivity index (χ4v) is 2.80. The molecular formula is C17N12O2. The van der Waals surface area contributed by atoms with Crippen molar-refractivity contribution in [1.82, 2.24) is 29.9 Å². The van der Waals surface area contributed by atoms with Crippen molar-refractivity contribution in [2.24, 2.45) is 0 Å². The van der Waals surface area contributed by atoms with Gasteiger partial charge < -0.3 is 10.1 Å². The highest BCUT2D eigenvalue weighted by Gasteiger charge is 2.27. The fraction of sp³-hybridized carbons (Fsp3) is 0. The van der Waals surface area contributed by atoms with Crippen molar-refractivity contribution < 1.29 is 4.92 Å². The van der Waals surface area contributed by atoms with E-state index in [-0.39, 0.29) is 55.9 Å². The number of nitrogens with zero attached hydrogens (tertiary/aromatic N) is 12. The number of rotatable bonds is 1. The molecule has 0 N–H and O–H groups in total. The van der Waals surface area contributed by atoms with Crippen LogP contribution in [0.2, 0.25) is 0 Å². The molecule has 14 nitrogen and oxygen atoms in total. The van der Waals surface area contributed by atoms with E-state index in [1.165, 1.54) is 0 Å². The number of benzene rings is 1. The maximum absolute atomic E-state index is 11.3. The lowest BCUT2D eigenvalue weighted by Crippen LogP contribution is -2.06. The molecule has 0 aliphatic heterocycles. The van der Waals surface area contributed by atoms with E-state index in [2.05, 4.69) is 29.9 Å². The van der Waals surface area contributed by atoms with E-state index in [1.54, 1.807) is 30.3 Å². The largest absolute Gasteiger partial charge is 0.401 e. The van der Waals surface area contributed by atoms with Crippen LogP contribution in [-0.2, 0) is 0 Å². The Morgan fingerprint density at radius 3 is 1.03 bits per heavy atom. The predicted octanol–water partition coefficient (Wildman–Crippen LogP) is 0.783. The first-order valence-electron chi connectivity index (χ1n) is 7.89. The number of nitriles is 5. The predicted molar refractivity (Wildman–Crippen MR) is 96.0 cm³/mol. The molecule has 0 atom stereocenters. The molecule has 14 heteroatoms. The Morgan fingerprint density at radius 1 is 0.516 bits per heavy atom. The Labute approximate surface area is 169 Å². The topological polar surface area (TPSA) is 239 Å². The molecule has 0 radical (unpaired) electrons. The van der Waals surface area contributed by atoms with E-state index in [4.69, 9.17) is 0 Å². The van der Waals surface area contributed by atoms with Crippen LogP contribution in [0.25, 0.3) is 33.1 Å². The summed E-state index contributed by atoms with van der Waals surface area (Å²) in [5.41, 5.74) is -3.09. The van der Waals surface area contributed by atoms with Crippen LogP contribution in [0.15, 0.2) is 0 Å². The van der Waals surface area contributed by atoms with Crippen molar-refractivity contribution in [2.75, 3.05) is 0 Å². The van der Waals surface area contributed by atoms with Gasteiger partial charge in [0.05, 0.1) is 0 Å². The monoisotopic (exact) mass is 404 g/mol. The van der Waals surface area contributed by atoms with E-state index in [9.17, 15) is 36.4 Å². The second-order valence-corrected chi connectivity index (χ2v) is 5.65. The highest BCUT2D eigenvalue weighted by Crippen LogP contribution is 2.32. The maximum atomic E-state index is 11.3. The molecular weight excluding hydrogens is 404 g/mol. The minimum Gasteiger partial charge on any atom is -0.358 e. The van der Waals surface area contributed by atoms with Gasteiger partial charge in [-0.2, -0.15) is 26.3 Å². The lowest BCUT2D eigenvalue weighted by molar-refractivity contribution is -0.389. The fourth-order valence-electron chi connectivity index (χ4n) is 2.80. The smallest absolute Gasteiger partial charge is 0.358 e. The van der Waals surface area contributed by atoms with Gasteiger partial charge in [0.25, 0.3) is 0 Å². The zero-order valence-electron chi connectivity index (χ0n) is 14.7. The molecule has 0 unspecified atom stereocenters. The van der Waals surface area contributed by atoms with Gasteiger partial charge in [0.2, 0.25) is 11.2 Å². The third-order valence-corrected chi connectivity index (χ3v) is 4.04. The minimum absolute atomic E-state index is 0.112. The summed E-state index contributed by atoms with van der Waals surface area (Å²) < 4.78 is 0. The summed E-state index contributed by atoms with van der Waals surface area (Å²) in [6.07, 6.45) is 0. The molecule has 0 aliphatic carbocycles. The van der Waals surface area contributed by atoms with Gasteiger partial charge >= 0.3 is 5.82 Å². The maximum Gasteiger partial charge on any atom is 0.401 e. The van der Waals surface area contributed by atoms with Crippen molar-refractivity contribution >= 4 is 38.9 Å². The molecule has 4 aromatic rings. The highest BCUT2D eigenvalue weighted by molar-refractivity contribution is 6.18. The van der Waals surface area contributed by atoms with Crippen LogP contribution < -0.4 is 0 Å². The Hall–Kier alpha value is -5.91. The molecule has 3 aromatic heterocycles. The van der Waals surface area contributed by atoms with Gasteiger partial charge in [-0.15, -0.1) is 0 Å². The number of fused-ring (bicyclic) bond motifs is 6. The standard InChI is InChI=1S/C17N12O2/c18-1-6-7(2-19)25-13-11(23-6)12-14(26-9(4-21)8(3-20)24-12)16-15(13)27-10(5-22)17(28-16)29(30)31. The Bertz CT molecular complexity index is 1670. The Morgan fingerprint density at radius 2 is 0.774 bits per heavy atom. The molecule has 0 fully saturated rings. The normalized spacial score (nSPS) is 10.0. The van der Waals surface area contributed by atoms with Crippen molar-refractivity contribution in [3.8, 4) is 30.3 Å². The van der Waals surface area contributed by atoms with Gasteiger partial charge in [-0.3, -0.25) is 0 Å². The van der Waals surface area contributed by atoms with E-state index >= 15 is 0 Å². The minimum atomic E-state index is -0.922. The van der Waals surface area contributed by atoms with Crippen LogP contribution in [0.3, 0.4) is 0 Å². The van der Waals surface area contributed by atoms with E-state index in [1.807, 2.05) is 0 Å². The van der Waals surface area contributed by atoms with Gasteiger partial charge in [-0.05, 0) is 9.91 Å².